The summed E-state index contributed by atoms with van der Waals surface area (Å²) in [5, 5.41) is 3.26. The maximum absolute atomic E-state index is 12.2. The van der Waals surface area contributed by atoms with Crippen LogP contribution < -0.4 is 5.32 Å². The SMILES string of the molecule is O=C(CSc1nc2ccccc2s1)NC(C1CC1)C1CC1. The summed E-state index contributed by atoms with van der Waals surface area (Å²) in [7, 11) is 0. The maximum Gasteiger partial charge on any atom is 0.230 e. The van der Waals surface area contributed by atoms with Crippen molar-refractivity contribution in [1.29, 1.82) is 0 Å². The molecule has 21 heavy (non-hydrogen) atoms. The van der Waals surface area contributed by atoms with Crippen LogP contribution in [0.4, 0.5) is 0 Å². The Labute approximate surface area is 132 Å². The van der Waals surface area contributed by atoms with Gasteiger partial charge in [0.05, 0.1) is 16.0 Å². The lowest BCUT2D eigenvalue weighted by Crippen LogP contribution is -2.39. The van der Waals surface area contributed by atoms with Gasteiger partial charge in [-0.05, 0) is 49.7 Å². The topological polar surface area (TPSA) is 42.0 Å². The Hall–Kier alpha value is -1.07. The summed E-state index contributed by atoms with van der Waals surface area (Å²) in [6.07, 6.45) is 5.19. The quantitative estimate of drug-likeness (QED) is 0.826. The van der Waals surface area contributed by atoms with Gasteiger partial charge >= 0.3 is 0 Å². The molecule has 2 aromatic rings. The van der Waals surface area contributed by atoms with Crippen LogP contribution in [0, 0.1) is 11.8 Å². The summed E-state index contributed by atoms with van der Waals surface area (Å²) in [6, 6.07) is 8.57. The summed E-state index contributed by atoms with van der Waals surface area (Å²) < 4.78 is 2.18. The first-order chi connectivity index (χ1) is 10.3. The smallest absolute Gasteiger partial charge is 0.230 e. The molecule has 1 aromatic carbocycles. The lowest BCUT2D eigenvalue weighted by atomic mass is 10.1. The van der Waals surface area contributed by atoms with Crippen molar-refractivity contribution in [3.8, 4) is 0 Å². The number of amides is 1. The lowest BCUT2D eigenvalue weighted by molar-refractivity contribution is -0.119. The highest BCUT2D eigenvalue weighted by molar-refractivity contribution is 8.01. The number of rotatable bonds is 6. The third-order valence-electron chi connectivity index (χ3n) is 4.19. The number of nitrogens with one attached hydrogen (secondary N) is 1. The molecule has 0 bridgehead atoms. The van der Waals surface area contributed by atoms with E-state index in [9.17, 15) is 4.79 Å². The largest absolute Gasteiger partial charge is 0.352 e. The molecular formula is C16H18N2OS2. The van der Waals surface area contributed by atoms with E-state index in [-0.39, 0.29) is 5.91 Å². The lowest BCUT2D eigenvalue weighted by Gasteiger charge is -2.17. The molecule has 2 saturated carbocycles. The van der Waals surface area contributed by atoms with Crippen molar-refractivity contribution < 1.29 is 4.79 Å². The fourth-order valence-electron chi connectivity index (χ4n) is 2.80. The van der Waals surface area contributed by atoms with Crippen molar-refractivity contribution in [3.05, 3.63) is 24.3 Å². The van der Waals surface area contributed by atoms with E-state index in [0.29, 0.717) is 11.8 Å². The molecule has 1 heterocycles. The van der Waals surface area contributed by atoms with Crippen LogP contribution in [0.2, 0.25) is 0 Å². The molecule has 1 N–H and O–H groups in total. The number of para-hydroxylation sites is 1. The van der Waals surface area contributed by atoms with Gasteiger partial charge in [-0.25, -0.2) is 4.98 Å². The fourth-order valence-corrected chi connectivity index (χ4v) is 4.68. The minimum atomic E-state index is 0.169. The van der Waals surface area contributed by atoms with Crippen molar-refractivity contribution >= 4 is 39.2 Å². The summed E-state index contributed by atoms with van der Waals surface area (Å²) in [5.74, 6) is 2.17. The number of thioether (sulfide) groups is 1. The van der Waals surface area contributed by atoms with E-state index in [1.165, 1.54) is 30.4 Å². The Bertz CT molecular complexity index is 616. The number of carbonyl (C=O) groups excluding carboxylic acids is 1. The molecule has 2 fully saturated rings. The van der Waals surface area contributed by atoms with Crippen LogP contribution in [0.1, 0.15) is 25.7 Å². The number of hydrogen-bond donors (Lipinski definition) is 1. The summed E-state index contributed by atoms with van der Waals surface area (Å²) in [5.41, 5.74) is 1.03. The van der Waals surface area contributed by atoms with E-state index in [1.54, 1.807) is 23.1 Å². The third kappa shape index (κ3) is 3.24. The molecule has 0 radical (unpaired) electrons. The number of benzene rings is 1. The Balaban J connectivity index is 1.34. The summed E-state index contributed by atoms with van der Waals surface area (Å²) in [4.78, 5) is 16.7. The number of fused-ring (bicyclic) bond motifs is 1. The van der Waals surface area contributed by atoms with Gasteiger partial charge in [-0.1, -0.05) is 23.9 Å². The molecule has 0 aliphatic heterocycles. The maximum atomic E-state index is 12.2. The zero-order chi connectivity index (χ0) is 14.2. The molecule has 0 atom stereocenters. The van der Waals surface area contributed by atoms with Gasteiger partial charge in [0.2, 0.25) is 5.91 Å². The number of nitrogens with zero attached hydrogens (tertiary/aromatic N) is 1. The minimum absolute atomic E-state index is 0.169. The second-order valence-corrected chi connectivity index (χ2v) is 8.26. The first-order valence-corrected chi connectivity index (χ1v) is 9.37. The number of hydrogen-bond acceptors (Lipinski definition) is 4. The number of aromatic nitrogens is 1. The molecule has 5 heteroatoms. The number of carbonyl (C=O) groups is 1. The molecule has 1 amide bonds. The predicted molar refractivity (Wildman–Crippen MR) is 87.7 cm³/mol. The molecule has 110 valence electrons. The summed E-state index contributed by atoms with van der Waals surface area (Å²) >= 11 is 3.22. The van der Waals surface area contributed by atoms with Gasteiger partial charge in [-0.2, -0.15) is 0 Å². The van der Waals surface area contributed by atoms with Crippen LogP contribution in [0.25, 0.3) is 10.2 Å². The molecule has 0 unspecified atom stereocenters. The van der Waals surface area contributed by atoms with Crippen LogP contribution in [-0.4, -0.2) is 22.7 Å². The van der Waals surface area contributed by atoms with Crippen molar-refractivity contribution in [1.82, 2.24) is 10.3 Å². The Morgan fingerprint density at radius 3 is 2.67 bits per heavy atom. The van der Waals surface area contributed by atoms with Crippen LogP contribution in [0.15, 0.2) is 28.6 Å². The molecule has 3 nitrogen and oxygen atoms in total. The number of thiazole rings is 1. The average molecular weight is 318 g/mol. The Morgan fingerprint density at radius 1 is 1.29 bits per heavy atom. The van der Waals surface area contributed by atoms with Gasteiger partial charge in [0.25, 0.3) is 0 Å². The Morgan fingerprint density at radius 2 is 2.00 bits per heavy atom. The third-order valence-corrected chi connectivity index (χ3v) is 6.37. The van der Waals surface area contributed by atoms with Crippen LogP contribution in [-0.2, 0) is 4.79 Å². The van der Waals surface area contributed by atoms with E-state index in [2.05, 4.69) is 16.4 Å². The monoisotopic (exact) mass is 318 g/mol. The van der Waals surface area contributed by atoms with Crippen LogP contribution >= 0.6 is 23.1 Å². The van der Waals surface area contributed by atoms with Gasteiger partial charge in [-0.15, -0.1) is 11.3 Å². The van der Waals surface area contributed by atoms with E-state index in [0.717, 1.165) is 21.7 Å². The van der Waals surface area contributed by atoms with E-state index in [1.807, 2.05) is 18.2 Å². The van der Waals surface area contributed by atoms with Crippen LogP contribution in [0.5, 0.6) is 0 Å². The van der Waals surface area contributed by atoms with Crippen molar-refractivity contribution in [2.24, 2.45) is 11.8 Å². The van der Waals surface area contributed by atoms with Crippen molar-refractivity contribution in [2.45, 2.75) is 36.1 Å². The highest BCUT2D eigenvalue weighted by Gasteiger charge is 2.42. The van der Waals surface area contributed by atoms with Crippen LogP contribution in [0.3, 0.4) is 0 Å². The summed E-state index contributed by atoms with van der Waals surface area (Å²) in [6.45, 7) is 0. The molecular weight excluding hydrogens is 300 g/mol. The molecule has 0 spiro atoms. The zero-order valence-corrected chi connectivity index (χ0v) is 13.4. The van der Waals surface area contributed by atoms with E-state index < -0.39 is 0 Å². The molecule has 2 aliphatic rings. The van der Waals surface area contributed by atoms with Gasteiger partial charge < -0.3 is 5.32 Å². The second-order valence-electron chi connectivity index (χ2n) is 6.00. The van der Waals surface area contributed by atoms with E-state index >= 15 is 0 Å². The fraction of sp³-hybridized carbons (Fsp3) is 0.500. The second kappa shape index (κ2) is 5.61. The molecule has 2 aliphatic carbocycles. The molecule has 1 aromatic heterocycles. The first-order valence-electron chi connectivity index (χ1n) is 7.57. The molecule has 0 saturated heterocycles. The normalized spacial score (nSPS) is 18.3. The standard InChI is InChI=1S/C16H18N2OS2/c19-14(18-15(10-5-6-10)11-7-8-11)9-20-16-17-12-3-1-2-4-13(12)21-16/h1-4,10-11,15H,5-9H2,(H,18,19). The van der Waals surface area contributed by atoms with E-state index in [4.69, 9.17) is 0 Å². The van der Waals surface area contributed by atoms with Gasteiger partial charge in [0, 0.05) is 6.04 Å². The van der Waals surface area contributed by atoms with Crippen molar-refractivity contribution in [2.75, 3.05) is 5.75 Å². The highest BCUT2D eigenvalue weighted by Crippen LogP contribution is 2.44. The Kier molecular flexibility index (Phi) is 3.63. The van der Waals surface area contributed by atoms with Gasteiger partial charge in [-0.3, -0.25) is 4.79 Å². The average Bonchev–Trinajstić information content (AvgIpc) is 3.39. The minimum Gasteiger partial charge on any atom is -0.352 e. The highest BCUT2D eigenvalue weighted by atomic mass is 32.2. The van der Waals surface area contributed by atoms with Crippen molar-refractivity contribution in [3.63, 3.8) is 0 Å². The van der Waals surface area contributed by atoms with Gasteiger partial charge in [0.1, 0.15) is 0 Å². The van der Waals surface area contributed by atoms with Gasteiger partial charge in [0.15, 0.2) is 4.34 Å². The zero-order valence-electron chi connectivity index (χ0n) is 11.7. The predicted octanol–water partition coefficient (Wildman–Crippen LogP) is 3.69. The first kappa shape index (κ1) is 13.6. The molecule has 4 rings (SSSR count).